The summed E-state index contributed by atoms with van der Waals surface area (Å²) in [6.07, 6.45) is -3.76. The van der Waals surface area contributed by atoms with Gasteiger partial charge in [-0.05, 0) is 31.2 Å². The number of nitrogens with zero attached hydrogens (tertiary/aromatic N) is 2. The molecule has 0 aliphatic rings. The van der Waals surface area contributed by atoms with E-state index in [1.807, 2.05) is 0 Å². The number of anilines is 2. The molecule has 14 heteroatoms. The monoisotopic (exact) mass is 522 g/mol. The fraction of sp³-hybridized carbons (Fsp3) is 0.158. The van der Waals surface area contributed by atoms with Crippen molar-refractivity contribution in [1.82, 2.24) is 9.97 Å². The molecular formula is C19H12Cl2F4N4O3S. The van der Waals surface area contributed by atoms with Crippen molar-refractivity contribution in [3.8, 4) is 11.3 Å². The third-order valence-electron chi connectivity index (χ3n) is 4.18. The zero-order valence-electron chi connectivity index (χ0n) is 16.3. The van der Waals surface area contributed by atoms with Gasteiger partial charge in [-0.2, -0.15) is 13.2 Å². The van der Waals surface area contributed by atoms with Gasteiger partial charge in [0.25, 0.3) is 5.91 Å². The van der Waals surface area contributed by atoms with E-state index >= 15 is 0 Å². The number of carbonyl (C=O) groups is 2. The van der Waals surface area contributed by atoms with E-state index in [-0.39, 0.29) is 37.1 Å². The molecular weight excluding hydrogens is 511 g/mol. The van der Waals surface area contributed by atoms with E-state index in [9.17, 15) is 27.2 Å². The highest BCUT2D eigenvalue weighted by molar-refractivity contribution is 7.20. The summed E-state index contributed by atoms with van der Waals surface area (Å²) >= 11 is 12.9. The maximum absolute atomic E-state index is 13.5. The highest BCUT2D eigenvalue weighted by atomic mass is 35.5. The molecule has 0 saturated carbocycles. The molecule has 0 saturated heterocycles. The Morgan fingerprint density at radius 1 is 1.21 bits per heavy atom. The molecule has 3 rings (SSSR count). The van der Waals surface area contributed by atoms with Gasteiger partial charge in [-0.15, -0.1) is 0 Å². The predicted molar refractivity (Wildman–Crippen MR) is 115 cm³/mol. The summed E-state index contributed by atoms with van der Waals surface area (Å²) in [5.74, 6) is -3.21. The van der Waals surface area contributed by atoms with Crippen LogP contribution in [0.2, 0.25) is 9.36 Å². The quantitative estimate of drug-likeness (QED) is 0.353. The van der Waals surface area contributed by atoms with E-state index in [1.165, 1.54) is 13.0 Å². The first-order chi connectivity index (χ1) is 15.4. The standard InChI is InChI=1S/C19H12Cl2F4N4O3S/c1-7(17(31)32)27-15-11(20)5-9(6-26-15)16(30)29-18-28-13(14(21)33-18)8-2-3-12(22)10(4-8)19(23,24)25/h2-7H,1H3,(H,26,27)(H,31,32)(H,28,29,30). The van der Waals surface area contributed by atoms with Crippen molar-refractivity contribution < 1.29 is 32.3 Å². The zero-order valence-corrected chi connectivity index (χ0v) is 18.6. The van der Waals surface area contributed by atoms with Crippen LogP contribution in [-0.4, -0.2) is 33.0 Å². The van der Waals surface area contributed by atoms with Crippen LogP contribution < -0.4 is 10.6 Å². The molecule has 0 bridgehead atoms. The molecule has 33 heavy (non-hydrogen) atoms. The molecule has 174 valence electrons. The predicted octanol–water partition coefficient (Wildman–Crippen LogP) is 5.81. The summed E-state index contributed by atoms with van der Waals surface area (Å²) in [5.41, 5.74) is -1.62. The molecule has 1 aromatic carbocycles. The van der Waals surface area contributed by atoms with E-state index in [4.69, 9.17) is 28.3 Å². The second kappa shape index (κ2) is 9.49. The van der Waals surface area contributed by atoms with Gasteiger partial charge >= 0.3 is 12.1 Å². The van der Waals surface area contributed by atoms with Crippen molar-refractivity contribution in [2.24, 2.45) is 0 Å². The van der Waals surface area contributed by atoms with Crippen LogP contribution in [0.5, 0.6) is 0 Å². The maximum Gasteiger partial charge on any atom is 0.419 e. The van der Waals surface area contributed by atoms with Gasteiger partial charge in [-0.25, -0.2) is 14.4 Å². The number of rotatable bonds is 6. The van der Waals surface area contributed by atoms with Crippen LogP contribution in [0, 0.1) is 5.82 Å². The summed E-state index contributed by atoms with van der Waals surface area (Å²) in [6, 6.07) is 2.59. The first-order valence-corrected chi connectivity index (χ1v) is 10.4. The van der Waals surface area contributed by atoms with E-state index < -0.39 is 35.5 Å². The lowest BCUT2D eigenvalue weighted by Gasteiger charge is -2.11. The zero-order chi connectivity index (χ0) is 24.5. The van der Waals surface area contributed by atoms with Gasteiger partial charge in [-0.3, -0.25) is 14.9 Å². The summed E-state index contributed by atoms with van der Waals surface area (Å²) in [6.45, 7) is 1.38. The van der Waals surface area contributed by atoms with Gasteiger partial charge in [0.05, 0.1) is 16.1 Å². The molecule has 0 fully saturated rings. The van der Waals surface area contributed by atoms with Crippen LogP contribution in [0.4, 0.5) is 28.5 Å². The van der Waals surface area contributed by atoms with Gasteiger partial charge in [-0.1, -0.05) is 34.5 Å². The lowest BCUT2D eigenvalue weighted by Crippen LogP contribution is -2.26. The van der Waals surface area contributed by atoms with Crippen LogP contribution in [0.15, 0.2) is 30.5 Å². The Morgan fingerprint density at radius 2 is 1.91 bits per heavy atom. The molecule has 0 aliphatic heterocycles. The number of aliphatic carboxylic acids is 1. The molecule has 0 aliphatic carbocycles. The average molecular weight is 523 g/mol. The van der Waals surface area contributed by atoms with Crippen molar-refractivity contribution in [1.29, 1.82) is 0 Å². The third kappa shape index (κ3) is 5.70. The van der Waals surface area contributed by atoms with Crippen molar-refractivity contribution in [2.75, 3.05) is 10.6 Å². The van der Waals surface area contributed by atoms with Crippen molar-refractivity contribution in [2.45, 2.75) is 19.1 Å². The molecule has 0 radical (unpaired) electrons. The highest BCUT2D eigenvalue weighted by Crippen LogP contribution is 2.39. The topological polar surface area (TPSA) is 104 Å². The number of carbonyl (C=O) groups excluding carboxylic acids is 1. The number of halogens is 6. The summed E-state index contributed by atoms with van der Waals surface area (Å²) in [4.78, 5) is 31.4. The summed E-state index contributed by atoms with van der Waals surface area (Å²) < 4.78 is 52.5. The number of pyridine rings is 1. The Morgan fingerprint density at radius 3 is 2.52 bits per heavy atom. The normalized spacial score (nSPS) is 12.3. The number of carboxylic acids is 1. The molecule has 7 nitrogen and oxygen atoms in total. The molecule has 1 amide bonds. The second-order valence-corrected chi connectivity index (χ2v) is 8.55. The van der Waals surface area contributed by atoms with Crippen LogP contribution in [-0.2, 0) is 11.0 Å². The average Bonchev–Trinajstić information content (AvgIpc) is 3.08. The van der Waals surface area contributed by atoms with Crippen molar-refractivity contribution in [3.63, 3.8) is 0 Å². The molecule has 1 atom stereocenters. The van der Waals surface area contributed by atoms with Crippen molar-refractivity contribution in [3.05, 3.63) is 56.8 Å². The number of hydrogen-bond donors (Lipinski definition) is 3. The molecule has 3 aromatic rings. The number of amides is 1. The summed E-state index contributed by atoms with van der Waals surface area (Å²) in [5, 5.41) is 13.9. The van der Waals surface area contributed by atoms with Crippen LogP contribution in [0.3, 0.4) is 0 Å². The highest BCUT2D eigenvalue weighted by Gasteiger charge is 2.34. The Labute approximate surface area is 197 Å². The number of nitrogens with one attached hydrogen (secondary N) is 2. The van der Waals surface area contributed by atoms with E-state index in [1.54, 1.807) is 0 Å². The fourth-order valence-electron chi connectivity index (χ4n) is 2.53. The van der Waals surface area contributed by atoms with Crippen LogP contribution >= 0.6 is 34.5 Å². The third-order valence-corrected chi connectivity index (χ3v) is 5.64. The number of benzene rings is 1. The van der Waals surface area contributed by atoms with Crippen LogP contribution in [0.1, 0.15) is 22.8 Å². The number of hydrogen-bond acceptors (Lipinski definition) is 6. The maximum atomic E-state index is 13.5. The van der Waals surface area contributed by atoms with Gasteiger partial charge in [0, 0.05) is 11.8 Å². The minimum Gasteiger partial charge on any atom is -0.480 e. The SMILES string of the molecule is CC(Nc1ncc(C(=O)Nc2nc(-c3ccc(F)c(C(F)(F)F)c3)c(Cl)s2)cc1Cl)C(=O)O. The van der Waals surface area contributed by atoms with Gasteiger partial charge in [0.15, 0.2) is 5.13 Å². The molecule has 1 unspecified atom stereocenters. The molecule has 0 spiro atoms. The fourth-order valence-corrected chi connectivity index (χ4v) is 3.83. The summed E-state index contributed by atoms with van der Waals surface area (Å²) in [7, 11) is 0. The minimum atomic E-state index is -4.91. The number of aromatic nitrogens is 2. The van der Waals surface area contributed by atoms with Gasteiger partial charge in [0.2, 0.25) is 0 Å². The first-order valence-electron chi connectivity index (χ1n) is 8.86. The minimum absolute atomic E-state index is 0.00235. The lowest BCUT2D eigenvalue weighted by atomic mass is 10.1. The van der Waals surface area contributed by atoms with Crippen molar-refractivity contribution >= 4 is 57.4 Å². The largest absolute Gasteiger partial charge is 0.480 e. The van der Waals surface area contributed by atoms with Gasteiger partial charge < -0.3 is 10.4 Å². The van der Waals surface area contributed by atoms with E-state index in [0.717, 1.165) is 23.6 Å². The van der Waals surface area contributed by atoms with Crippen LogP contribution in [0.25, 0.3) is 11.3 Å². The van der Waals surface area contributed by atoms with E-state index in [2.05, 4.69) is 20.6 Å². The second-order valence-electron chi connectivity index (χ2n) is 6.55. The Bertz CT molecular complexity index is 1240. The van der Waals surface area contributed by atoms with Gasteiger partial charge in [0.1, 0.15) is 27.7 Å². The number of alkyl halides is 3. The Balaban J connectivity index is 1.81. The molecule has 2 aromatic heterocycles. The Kier molecular flexibility index (Phi) is 7.10. The first kappa shape index (κ1) is 24.7. The smallest absolute Gasteiger partial charge is 0.419 e. The molecule has 2 heterocycles. The molecule has 3 N–H and O–H groups in total. The number of carboxylic acid groups (broad SMARTS) is 1. The number of thiazole rings is 1. The van der Waals surface area contributed by atoms with E-state index in [0.29, 0.717) is 12.1 Å². The Hall–Kier alpha value is -2.96. The lowest BCUT2D eigenvalue weighted by molar-refractivity contribution is -0.140.